The van der Waals surface area contributed by atoms with Gasteiger partial charge in [-0.1, -0.05) is 18.2 Å². The van der Waals surface area contributed by atoms with Crippen molar-refractivity contribution < 1.29 is 18.7 Å². The van der Waals surface area contributed by atoms with Crippen LogP contribution in [0.25, 0.3) is 11.0 Å². The van der Waals surface area contributed by atoms with Gasteiger partial charge in [-0.3, -0.25) is 9.69 Å². The average molecular weight is 420 g/mol. The lowest BCUT2D eigenvalue weighted by Crippen LogP contribution is -2.38. The molecule has 3 heterocycles. The normalized spacial score (nSPS) is 18.0. The molecule has 0 spiro atoms. The zero-order valence-corrected chi connectivity index (χ0v) is 17.6. The van der Waals surface area contributed by atoms with Crippen molar-refractivity contribution in [1.82, 2.24) is 4.90 Å². The van der Waals surface area contributed by atoms with Gasteiger partial charge in [0.05, 0.1) is 13.4 Å². The second kappa shape index (κ2) is 9.49. The zero-order valence-electron chi connectivity index (χ0n) is 15.8. The minimum absolute atomic E-state index is 0. The Morgan fingerprint density at radius 3 is 3.00 bits per heavy atom. The SMILES string of the molecule is COC(=O)[C@@H]1CCCN1CC[C@H](Oc1cccc2ccoc12)c1cccs1.S. The maximum atomic E-state index is 12.0. The van der Waals surface area contributed by atoms with Crippen molar-refractivity contribution in [1.29, 1.82) is 0 Å². The molecule has 150 valence electrons. The lowest BCUT2D eigenvalue weighted by molar-refractivity contribution is -0.145. The summed E-state index contributed by atoms with van der Waals surface area (Å²) < 4.78 is 17.0. The Hall–Kier alpha value is -1.96. The molecular weight excluding hydrogens is 394 g/mol. The molecule has 2 aromatic heterocycles. The fourth-order valence-electron chi connectivity index (χ4n) is 3.73. The first-order valence-electron chi connectivity index (χ1n) is 9.24. The van der Waals surface area contributed by atoms with Crippen LogP contribution in [0.4, 0.5) is 0 Å². The lowest BCUT2D eigenvalue weighted by Gasteiger charge is -2.25. The predicted molar refractivity (Wildman–Crippen MR) is 116 cm³/mol. The van der Waals surface area contributed by atoms with Gasteiger partial charge in [0.25, 0.3) is 0 Å². The molecule has 0 saturated carbocycles. The van der Waals surface area contributed by atoms with E-state index in [1.807, 2.05) is 30.3 Å². The van der Waals surface area contributed by atoms with Crippen molar-refractivity contribution in [3.8, 4) is 5.75 Å². The molecule has 0 amide bonds. The highest BCUT2D eigenvalue weighted by Crippen LogP contribution is 2.34. The van der Waals surface area contributed by atoms with Crippen LogP contribution in [0.3, 0.4) is 0 Å². The van der Waals surface area contributed by atoms with Gasteiger partial charge in [-0.2, -0.15) is 13.5 Å². The summed E-state index contributed by atoms with van der Waals surface area (Å²) in [5, 5.41) is 3.09. The molecule has 4 rings (SSSR count). The molecule has 0 unspecified atom stereocenters. The number of furan rings is 1. The standard InChI is InChI=1S/C21H23NO4S.H2S/c1-24-21(23)16-6-3-11-22(16)12-9-17(19-8-4-14-27-19)26-18-7-2-5-15-10-13-25-20(15)18;/h2,4-5,7-8,10,13-14,16-17H,3,6,9,11-12H2,1H3;1H2/t16-,17-;/m0./s1. The number of esters is 1. The minimum Gasteiger partial charge on any atom is -0.481 e. The van der Waals surface area contributed by atoms with Crippen LogP contribution in [0.2, 0.25) is 0 Å². The number of ether oxygens (including phenoxy) is 2. The molecule has 3 aromatic rings. The third-order valence-corrected chi connectivity index (χ3v) is 6.05. The summed E-state index contributed by atoms with van der Waals surface area (Å²) >= 11 is 1.69. The summed E-state index contributed by atoms with van der Waals surface area (Å²) in [6.45, 7) is 1.71. The van der Waals surface area contributed by atoms with Crippen LogP contribution >= 0.6 is 24.8 Å². The molecule has 1 fully saturated rings. The largest absolute Gasteiger partial charge is 0.481 e. The van der Waals surface area contributed by atoms with Gasteiger partial charge < -0.3 is 13.9 Å². The van der Waals surface area contributed by atoms with E-state index in [1.54, 1.807) is 17.6 Å². The number of likely N-dealkylation sites (tertiary alicyclic amines) is 1. The molecule has 0 bridgehead atoms. The number of para-hydroxylation sites is 1. The fourth-order valence-corrected chi connectivity index (χ4v) is 4.51. The van der Waals surface area contributed by atoms with Crippen molar-refractivity contribution in [3.05, 3.63) is 52.9 Å². The van der Waals surface area contributed by atoms with Crippen LogP contribution in [0.5, 0.6) is 5.75 Å². The predicted octanol–water partition coefficient (Wildman–Crippen LogP) is 4.75. The van der Waals surface area contributed by atoms with E-state index < -0.39 is 0 Å². The number of benzene rings is 1. The molecule has 0 aliphatic carbocycles. The van der Waals surface area contributed by atoms with E-state index in [2.05, 4.69) is 16.3 Å². The van der Waals surface area contributed by atoms with Gasteiger partial charge in [0, 0.05) is 23.2 Å². The maximum absolute atomic E-state index is 12.0. The maximum Gasteiger partial charge on any atom is 0.323 e. The number of hydrogen-bond donors (Lipinski definition) is 0. The number of fused-ring (bicyclic) bond motifs is 1. The quantitative estimate of drug-likeness (QED) is 0.517. The van der Waals surface area contributed by atoms with E-state index in [0.717, 1.165) is 49.1 Å². The summed E-state index contributed by atoms with van der Waals surface area (Å²) in [4.78, 5) is 15.4. The Kier molecular flexibility index (Phi) is 7.04. The Bertz CT molecular complexity index is 893. The zero-order chi connectivity index (χ0) is 18.6. The van der Waals surface area contributed by atoms with E-state index in [0.29, 0.717) is 0 Å². The molecule has 1 aliphatic rings. The van der Waals surface area contributed by atoms with E-state index in [-0.39, 0.29) is 31.6 Å². The van der Waals surface area contributed by atoms with Crippen LogP contribution in [0.1, 0.15) is 30.2 Å². The number of methoxy groups -OCH3 is 1. The highest BCUT2D eigenvalue weighted by molar-refractivity contribution is 7.59. The number of hydrogen-bond acceptors (Lipinski definition) is 6. The molecule has 28 heavy (non-hydrogen) atoms. The first-order valence-corrected chi connectivity index (χ1v) is 10.1. The van der Waals surface area contributed by atoms with E-state index in [9.17, 15) is 4.79 Å². The van der Waals surface area contributed by atoms with Gasteiger partial charge in [-0.05, 0) is 43.0 Å². The number of rotatable bonds is 7. The number of carbonyl (C=O) groups excluding carboxylic acids is 1. The summed E-state index contributed by atoms with van der Waals surface area (Å²) in [6.07, 6.45) is 4.28. The molecule has 1 aromatic carbocycles. The number of carbonyl (C=O) groups is 1. The van der Waals surface area contributed by atoms with Crippen molar-refractivity contribution >= 4 is 41.8 Å². The minimum atomic E-state index is -0.138. The van der Waals surface area contributed by atoms with Gasteiger partial charge in [0.2, 0.25) is 0 Å². The van der Waals surface area contributed by atoms with Crippen molar-refractivity contribution in [2.75, 3.05) is 20.2 Å². The van der Waals surface area contributed by atoms with Crippen LogP contribution in [0.15, 0.2) is 52.5 Å². The van der Waals surface area contributed by atoms with Crippen molar-refractivity contribution in [3.63, 3.8) is 0 Å². The van der Waals surface area contributed by atoms with Crippen LogP contribution in [-0.4, -0.2) is 37.1 Å². The van der Waals surface area contributed by atoms with E-state index >= 15 is 0 Å². The van der Waals surface area contributed by atoms with Gasteiger partial charge in [0.1, 0.15) is 12.1 Å². The first kappa shape index (κ1) is 20.8. The third-order valence-electron chi connectivity index (χ3n) is 5.09. The summed E-state index contributed by atoms with van der Waals surface area (Å²) in [6, 6.07) is 11.9. The topological polar surface area (TPSA) is 51.9 Å². The molecule has 0 radical (unpaired) electrons. The molecule has 0 N–H and O–H groups in total. The molecule has 1 saturated heterocycles. The second-order valence-corrected chi connectivity index (χ2v) is 7.70. The number of thiophene rings is 1. The Morgan fingerprint density at radius 1 is 1.32 bits per heavy atom. The first-order chi connectivity index (χ1) is 13.3. The monoisotopic (exact) mass is 419 g/mol. The van der Waals surface area contributed by atoms with Crippen LogP contribution in [0, 0.1) is 0 Å². The Balaban J connectivity index is 0.00000225. The van der Waals surface area contributed by atoms with Crippen molar-refractivity contribution in [2.45, 2.75) is 31.4 Å². The second-order valence-electron chi connectivity index (χ2n) is 6.72. The fraction of sp³-hybridized carbons (Fsp3) is 0.381. The van der Waals surface area contributed by atoms with Gasteiger partial charge in [-0.25, -0.2) is 0 Å². The summed E-state index contributed by atoms with van der Waals surface area (Å²) in [5.74, 6) is 0.614. The highest BCUT2D eigenvalue weighted by atomic mass is 32.1. The highest BCUT2D eigenvalue weighted by Gasteiger charge is 2.32. The molecule has 7 heteroatoms. The van der Waals surface area contributed by atoms with Crippen LogP contribution < -0.4 is 4.74 Å². The molecule has 2 atom stereocenters. The van der Waals surface area contributed by atoms with Crippen LogP contribution in [-0.2, 0) is 9.53 Å². The molecule has 1 aliphatic heterocycles. The lowest BCUT2D eigenvalue weighted by atomic mass is 10.1. The summed E-state index contributed by atoms with van der Waals surface area (Å²) in [5.41, 5.74) is 0.771. The third kappa shape index (κ3) is 4.37. The average Bonchev–Trinajstić information content (AvgIpc) is 3.45. The van der Waals surface area contributed by atoms with E-state index in [4.69, 9.17) is 13.9 Å². The van der Waals surface area contributed by atoms with Gasteiger partial charge >= 0.3 is 5.97 Å². The Labute approximate surface area is 175 Å². The van der Waals surface area contributed by atoms with Crippen molar-refractivity contribution in [2.24, 2.45) is 0 Å². The Morgan fingerprint density at radius 2 is 2.21 bits per heavy atom. The molecular formula is C21H25NO4S2. The smallest absolute Gasteiger partial charge is 0.323 e. The van der Waals surface area contributed by atoms with Gasteiger partial charge in [0.15, 0.2) is 11.3 Å². The van der Waals surface area contributed by atoms with E-state index in [1.165, 1.54) is 12.0 Å². The molecule has 5 nitrogen and oxygen atoms in total. The summed E-state index contributed by atoms with van der Waals surface area (Å²) in [7, 11) is 1.46. The van der Waals surface area contributed by atoms with Gasteiger partial charge in [-0.15, -0.1) is 11.3 Å². The number of nitrogens with zero attached hydrogens (tertiary/aromatic N) is 1.